The monoisotopic (exact) mass is 264 g/mol. The number of thiazole rings is 1. The molecule has 0 saturated carbocycles. The summed E-state index contributed by atoms with van der Waals surface area (Å²) in [6, 6.07) is 5.32. The van der Waals surface area contributed by atoms with E-state index in [1.54, 1.807) is 6.07 Å². The van der Waals surface area contributed by atoms with E-state index in [1.165, 1.54) is 17.4 Å². The largest absolute Gasteiger partial charge is 0.309 e. The van der Waals surface area contributed by atoms with Crippen molar-refractivity contribution < 1.29 is 4.39 Å². The number of hydrogen-bond donors (Lipinski definition) is 1. The molecule has 1 aromatic carbocycles. The maximum atomic E-state index is 13.8. The fourth-order valence-corrected chi connectivity index (χ4v) is 2.75. The first-order valence-electron chi connectivity index (χ1n) is 6.07. The normalized spacial score (nSPS) is 12.7. The molecule has 0 radical (unpaired) electrons. The summed E-state index contributed by atoms with van der Waals surface area (Å²) < 4.78 is 13.8. The zero-order chi connectivity index (χ0) is 13.1. The first-order valence-corrected chi connectivity index (χ1v) is 6.95. The highest BCUT2D eigenvalue weighted by atomic mass is 32.1. The maximum Gasteiger partial charge on any atom is 0.133 e. The van der Waals surface area contributed by atoms with Crippen molar-refractivity contribution in [3.63, 3.8) is 0 Å². The Morgan fingerprint density at radius 3 is 2.94 bits per heavy atom. The van der Waals surface area contributed by atoms with Gasteiger partial charge in [0.1, 0.15) is 10.8 Å². The summed E-state index contributed by atoms with van der Waals surface area (Å²) >= 11 is 1.49. The number of rotatable bonds is 4. The molecule has 1 aromatic heterocycles. The third kappa shape index (κ3) is 2.76. The van der Waals surface area contributed by atoms with Crippen molar-refractivity contribution in [1.82, 2.24) is 10.3 Å². The van der Waals surface area contributed by atoms with Gasteiger partial charge in [-0.25, -0.2) is 9.37 Å². The topological polar surface area (TPSA) is 24.9 Å². The molecule has 18 heavy (non-hydrogen) atoms. The zero-order valence-electron chi connectivity index (χ0n) is 10.8. The Kier molecular flexibility index (Phi) is 4.09. The van der Waals surface area contributed by atoms with Gasteiger partial charge < -0.3 is 5.32 Å². The number of halogens is 1. The van der Waals surface area contributed by atoms with Crippen molar-refractivity contribution in [3.05, 3.63) is 40.7 Å². The Labute approximate surface area is 111 Å². The van der Waals surface area contributed by atoms with E-state index in [2.05, 4.69) is 24.1 Å². The molecule has 0 spiro atoms. The standard InChI is InChI=1S/C14H17FN2S/c1-4-16-10(3)13-8-18-14(17-13)11-7-9(2)5-6-12(11)15/h5-8,10,16H,4H2,1-3H3. The van der Waals surface area contributed by atoms with Gasteiger partial charge in [-0.2, -0.15) is 0 Å². The van der Waals surface area contributed by atoms with E-state index in [4.69, 9.17) is 0 Å². The van der Waals surface area contributed by atoms with E-state index in [0.717, 1.165) is 22.8 Å². The molecule has 0 fully saturated rings. The molecule has 2 aromatic rings. The van der Waals surface area contributed by atoms with Crippen LogP contribution in [0.15, 0.2) is 23.6 Å². The van der Waals surface area contributed by atoms with Crippen molar-refractivity contribution >= 4 is 11.3 Å². The van der Waals surface area contributed by atoms with Crippen molar-refractivity contribution in [1.29, 1.82) is 0 Å². The Morgan fingerprint density at radius 2 is 2.22 bits per heavy atom. The van der Waals surface area contributed by atoms with Crippen LogP contribution in [-0.2, 0) is 0 Å². The second-order valence-corrected chi connectivity index (χ2v) is 5.20. The lowest BCUT2D eigenvalue weighted by Crippen LogP contribution is -2.17. The van der Waals surface area contributed by atoms with Gasteiger partial charge in [0, 0.05) is 17.0 Å². The molecular weight excluding hydrogens is 247 g/mol. The molecule has 2 rings (SSSR count). The van der Waals surface area contributed by atoms with Crippen molar-refractivity contribution in [3.8, 4) is 10.6 Å². The average molecular weight is 264 g/mol. The molecule has 0 aliphatic heterocycles. The third-order valence-corrected chi connectivity index (χ3v) is 3.72. The van der Waals surface area contributed by atoms with Crippen LogP contribution in [0.4, 0.5) is 4.39 Å². The highest BCUT2D eigenvalue weighted by Gasteiger charge is 2.13. The summed E-state index contributed by atoms with van der Waals surface area (Å²) in [6.45, 7) is 6.98. The van der Waals surface area contributed by atoms with Gasteiger partial charge >= 0.3 is 0 Å². The van der Waals surface area contributed by atoms with Crippen molar-refractivity contribution in [2.45, 2.75) is 26.8 Å². The van der Waals surface area contributed by atoms with Crippen LogP contribution in [-0.4, -0.2) is 11.5 Å². The first-order chi connectivity index (χ1) is 8.61. The van der Waals surface area contributed by atoms with E-state index >= 15 is 0 Å². The molecule has 0 amide bonds. The number of benzene rings is 1. The van der Waals surface area contributed by atoms with Gasteiger partial charge in [0.05, 0.1) is 5.69 Å². The fourth-order valence-electron chi connectivity index (χ4n) is 1.82. The zero-order valence-corrected chi connectivity index (χ0v) is 11.6. The maximum absolute atomic E-state index is 13.8. The summed E-state index contributed by atoms with van der Waals surface area (Å²) in [7, 11) is 0. The molecule has 0 saturated heterocycles. The molecule has 0 aliphatic carbocycles. The molecule has 96 valence electrons. The summed E-state index contributed by atoms with van der Waals surface area (Å²) in [5.41, 5.74) is 2.61. The lowest BCUT2D eigenvalue weighted by atomic mass is 10.1. The average Bonchev–Trinajstić information content (AvgIpc) is 2.82. The minimum Gasteiger partial charge on any atom is -0.309 e. The van der Waals surface area contributed by atoms with Gasteiger partial charge in [0.2, 0.25) is 0 Å². The molecule has 0 bridgehead atoms. The molecular formula is C14H17FN2S. The van der Waals surface area contributed by atoms with Gasteiger partial charge in [0.15, 0.2) is 0 Å². The molecule has 2 nitrogen and oxygen atoms in total. The number of hydrogen-bond acceptors (Lipinski definition) is 3. The third-order valence-electron chi connectivity index (χ3n) is 2.83. The number of nitrogens with one attached hydrogen (secondary N) is 1. The van der Waals surface area contributed by atoms with E-state index in [9.17, 15) is 4.39 Å². The van der Waals surface area contributed by atoms with Gasteiger partial charge in [-0.1, -0.05) is 18.6 Å². The second kappa shape index (κ2) is 5.59. The van der Waals surface area contributed by atoms with Crippen LogP contribution in [0.25, 0.3) is 10.6 Å². The fraction of sp³-hybridized carbons (Fsp3) is 0.357. The molecule has 1 unspecified atom stereocenters. The van der Waals surface area contributed by atoms with Crippen LogP contribution in [0.3, 0.4) is 0 Å². The lowest BCUT2D eigenvalue weighted by molar-refractivity contribution is 0.586. The lowest BCUT2D eigenvalue weighted by Gasteiger charge is -2.08. The van der Waals surface area contributed by atoms with Crippen LogP contribution in [0.5, 0.6) is 0 Å². The minimum absolute atomic E-state index is 0.202. The Bertz CT molecular complexity index is 536. The smallest absolute Gasteiger partial charge is 0.133 e. The van der Waals surface area contributed by atoms with Crippen molar-refractivity contribution in [2.24, 2.45) is 0 Å². The molecule has 1 atom stereocenters. The Hall–Kier alpha value is -1.26. The van der Waals surface area contributed by atoms with Crippen LogP contribution < -0.4 is 5.32 Å². The predicted molar refractivity (Wildman–Crippen MR) is 74.3 cm³/mol. The minimum atomic E-state index is -0.211. The van der Waals surface area contributed by atoms with Crippen LogP contribution >= 0.6 is 11.3 Å². The summed E-state index contributed by atoms with van der Waals surface area (Å²) in [4.78, 5) is 4.52. The number of aromatic nitrogens is 1. The molecule has 1 heterocycles. The Balaban J connectivity index is 2.32. The molecule has 1 N–H and O–H groups in total. The first kappa shape index (κ1) is 13.2. The van der Waals surface area contributed by atoms with Gasteiger partial charge in [-0.3, -0.25) is 0 Å². The predicted octanol–water partition coefficient (Wildman–Crippen LogP) is 3.93. The van der Waals surface area contributed by atoms with E-state index in [1.807, 2.05) is 18.4 Å². The van der Waals surface area contributed by atoms with Crippen molar-refractivity contribution in [2.75, 3.05) is 6.54 Å². The van der Waals surface area contributed by atoms with E-state index < -0.39 is 0 Å². The quantitative estimate of drug-likeness (QED) is 0.905. The summed E-state index contributed by atoms with van der Waals surface area (Å²) in [5, 5.41) is 6.04. The highest BCUT2D eigenvalue weighted by molar-refractivity contribution is 7.13. The van der Waals surface area contributed by atoms with Crippen LogP contribution in [0.1, 0.15) is 31.1 Å². The van der Waals surface area contributed by atoms with Gasteiger partial charge in [-0.15, -0.1) is 11.3 Å². The van der Waals surface area contributed by atoms with E-state index in [-0.39, 0.29) is 11.9 Å². The van der Waals surface area contributed by atoms with Crippen LogP contribution in [0.2, 0.25) is 0 Å². The number of nitrogens with zero attached hydrogens (tertiary/aromatic N) is 1. The van der Waals surface area contributed by atoms with Crippen LogP contribution in [0, 0.1) is 12.7 Å². The van der Waals surface area contributed by atoms with Gasteiger partial charge in [0.25, 0.3) is 0 Å². The summed E-state index contributed by atoms with van der Waals surface area (Å²) in [5.74, 6) is -0.211. The Morgan fingerprint density at radius 1 is 1.44 bits per heavy atom. The SMILES string of the molecule is CCNC(C)c1csc(-c2cc(C)ccc2F)n1. The second-order valence-electron chi connectivity index (χ2n) is 4.34. The van der Waals surface area contributed by atoms with Gasteiger partial charge in [-0.05, 0) is 32.5 Å². The molecule has 4 heteroatoms. The molecule has 0 aliphatic rings. The number of aryl methyl sites for hydroxylation is 1. The highest BCUT2D eigenvalue weighted by Crippen LogP contribution is 2.28. The van der Waals surface area contributed by atoms with E-state index in [0.29, 0.717) is 5.56 Å². The summed E-state index contributed by atoms with van der Waals surface area (Å²) in [6.07, 6.45) is 0.